The summed E-state index contributed by atoms with van der Waals surface area (Å²) >= 11 is 1.46. The number of fused-ring (bicyclic) bond motifs is 2. The number of anilines is 1. The summed E-state index contributed by atoms with van der Waals surface area (Å²) in [5.74, 6) is -0.221. The van der Waals surface area contributed by atoms with Crippen LogP contribution in [0.15, 0.2) is 46.9 Å². The lowest BCUT2D eigenvalue weighted by atomic mass is 9.99. The molecule has 27 heavy (non-hydrogen) atoms. The molecular formula is C20H15N5OS. The second-order valence-electron chi connectivity index (χ2n) is 6.42. The van der Waals surface area contributed by atoms with Crippen LogP contribution in [-0.4, -0.2) is 27.3 Å². The van der Waals surface area contributed by atoms with Crippen molar-refractivity contribution in [3.63, 3.8) is 0 Å². The molecular weight excluding hydrogens is 358 g/mol. The lowest BCUT2D eigenvalue weighted by Crippen LogP contribution is -2.12. The van der Waals surface area contributed by atoms with Crippen molar-refractivity contribution < 1.29 is 4.79 Å². The molecule has 4 aromatic rings. The largest absolute Gasteiger partial charge is 0.320 e. The van der Waals surface area contributed by atoms with Gasteiger partial charge in [0.1, 0.15) is 5.69 Å². The maximum atomic E-state index is 12.6. The first-order chi connectivity index (χ1) is 13.2. The van der Waals surface area contributed by atoms with Gasteiger partial charge < -0.3 is 5.32 Å². The number of rotatable bonds is 3. The van der Waals surface area contributed by atoms with Crippen LogP contribution in [0.4, 0.5) is 11.4 Å². The van der Waals surface area contributed by atoms with Gasteiger partial charge >= 0.3 is 0 Å². The van der Waals surface area contributed by atoms with Crippen LogP contribution in [0, 0.1) is 6.92 Å². The van der Waals surface area contributed by atoms with Crippen molar-refractivity contribution in [1.29, 1.82) is 0 Å². The first-order valence-corrected chi connectivity index (χ1v) is 9.42. The highest BCUT2D eigenvalue weighted by Gasteiger charge is 2.15. The number of benzene rings is 2. The molecule has 0 spiro atoms. The summed E-state index contributed by atoms with van der Waals surface area (Å²) in [5, 5.41) is 13.6. The first-order valence-electron chi connectivity index (χ1n) is 8.54. The molecule has 0 unspecified atom stereocenters. The summed E-state index contributed by atoms with van der Waals surface area (Å²) in [4.78, 5) is 21.2. The van der Waals surface area contributed by atoms with E-state index in [1.807, 2.05) is 31.3 Å². The maximum Gasteiger partial charge on any atom is 0.275 e. The fourth-order valence-electron chi connectivity index (χ4n) is 3.27. The Balaban J connectivity index is 1.56. The van der Waals surface area contributed by atoms with Gasteiger partial charge in [-0.25, -0.2) is 4.98 Å². The number of aromatic amines is 1. The molecule has 0 aliphatic carbocycles. The molecule has 0 fully saturated rings. The number of H-pyrrole nitrogens is 1. The molecule has 2 aromatic heterocycles. The van der Waals surface area contributed by atoms with E-state index in [-0.39, 0.29) is 5.91 Å². The molecule has 0 saturated carbocycles. The average Bonchev–Trinajstić information content (AvgIpc) is 3.40. The predicted molar refractivity (Wildman–Crippen MR) is 108 cm³/mol. The Labute approximate surface area is 159 Å². The Kier molecular flexibility index (Phi) is 3.61. The van der Waals surface area contributed by atoms with E-state index >= 15 is 0 Å². The van der Waals surface area contributed by atoms with Crippen LogP contribution in [0.3, 0.4) is 0 Å². The van der Waals surface area contributed by atoms with Crippen molar-refractivity contribution in [2.24, 2.45) is 4.99 Å². The molecule has 132 valence electrons. The van der Waals surface area contributed by atoms with Crippen molar-refractivity contribution in [2.75, 3.05) is 5.32 Å². The zero-order valence-corrected chi connectivity index (χ0v) is 15.3. The molecule has 0 radical (unpaired) electrons. The van der Waals surface area contributed by atoms with Gasteiger partial charge in [-0.2, -0.15) is 5.10 Å². The zero-order chi connectivity index (χ0) is 18.4. The normalized spacial score (nSPS) is 12.5. The van der Waals surface area contributed by atoms with E-state index in [0.717, 1.165) is 39.1 Å². The van der Waals surface area contributed by atoms with E-state index in [2.05, 4.69) is 37.6 Å². The Morgan fingerprint density at radius 1 is 1.22 bits per heavy atom. The number of nitrogens with zero attached hydrogens (tertiary/aromatic N) is 3. The Bertz CT molecular complexity index is 1220. The highest BCUT2D eigenvalue weighted by molar-refractivity contribution is 7.09. The topological polar surface area (TPSA) is 83.0 Å². The van der Waals surface area contributed by atoms with Gasteiger partial charge in [-0.05, 0) is 47.9 Å². The third kappa shape index (κ3) is 2.82. The Morgan fingerprint density at radius 2 is 2.15 bits per heavy atom. The minimum Gasteiger partial charge on any atom is -0.320 e. The molecule has 7 heteroatoms. The molecule has 6 nitrogen and oxygen atoms in total. The van der Waals surface area contributed by atoms with Crippen LogP contribution in [0.25, 0.3) is 22.0 Å². The van der Waals surface area contributed by atoms with E-state index in [1.54, 1.807) is 11.6 Å². The molecule has 0 saturated heterocycles. The van der Waals surface area contributed by atoms with E-state index in [1.165, 1.54) is 16.9 Å². The van der Waals surface area contributed by atoms with E-state index in [0.29, 0.717) is 11.4 Å². The minimum absolute atomic E-state index is 0.221. The van der Waals surface area contributed by atoms with Gasteiger partial charge in [-0.1, -0.05) is 6.07 Å². The average molecular weight is 373 g/mol. The van der Waals surface area contributed by atoms with E-state index in [4.69, 9.17) is 0 Å². The molecule has 1 aliphatic rings. The third-order valence-electron chi connectivity index (χ3n) is 4.61. The van der Waals surface area contributed by atoms with Gasteiger partial charge in [0, 0.05) is 23.4 Å². The van der Waals surface area contributed by atoms with Crippen molar-refractivity contribution >= 4 is 45.7 Å². The second kappa shape index (κ2) is 6.14. The highest BCUT2D eigenvalue weighted by Crippen LogP contribution is 2.34. The van der Waals surface area contributed by atoms with Gasteiger partial charge in [0.15, 0.2) is 0 Å². The van der Waals surface area contributed by atoms with Crippen molar-refractivity contribution in [3.05, 3.63) is 58.2 Å². The van der Waals surface area contributed by atoms with Crippen molar-refractivity contribution in [3.8, 4) is 11.1 Å². The molecule has 0 atom stereocenters. The highest BCUT2D eigenvalue weighted by atomic mass is 32.1. The fourth-order valence-corrected chi connectivity index (χ4v) is 3.87. The summed E-state index contributed by atoms with van der Waals surface area (Å²) in [6, 6.07) is 10.3. The molecule has 1 amide bonds. The number of aromatic nitrogens is 3. The number of hydrogen-bond donors (Lipinski definition) is 2. The van der Waals surface area contributed by atoms with Gasteiger partial charge in [0.2, 0.25) is 0 Å². The SMILES string of the molecule is Cc1nc(C(=O)Nc2cc(-c3ccc4c(c3)CC=N4)cc3[nH]ncc23)cs1. The molecule has 2 aromatic carbocycles. The summed E-state index contributed by atoms with van der Waals surface area (Å²) < 4.78 is 0. The molecule has 2 N–H and O–H groups in total. The number of nitrogens with one attached hydrogen (secondary N) is 2. The number of hydrogen-bond acceptors (Lipinski definition) is 5. The van der Waals surface area contributed by atoms with Gasteiger partial charge in [-0.3, -0.25) is 14.9 Å². The lowest BCUT2D eigenvalue weighted by molar-refractivity contribution is 0.102. The predicted octanol–water partition coefficient (Wildman–Crippen LogP) is 4.51. The summed E-state index contributed by atoms with van der Waals surface area (Å²) in [6.45, 7) is 1.88. The van der Waals surface area contributed by atoms with Crippen LogP contribution in [0.5, 0.6) is 0 Å². The van der Waals surface area contributed by atoms with E-state index in [9.17, 15) is 4.79 Å². The van der Waals surface area contributed by atoms with Crippen molar-refractivity contribution in [1.82, 2.24) is 15.2 Å². The molecule has 3 heterocycles. The number of amides is 1. The summed E-state index contributed by atoms with van der Waals surface area (Å²) in [5.41, 5.74) is 6.32. The van der Waals surface area contributed by atoms with Gasteiger partial charge in [0.25, 0.3) is 5.91 Å². The smallest absolute Gasteiger partial charge is 0.275 e. The summed E-state index contributed by atoms with van der Waals surface area (Å²) in [7, 11) is 0. The minimum atomic E-state index is -0.221. The molecule has 1 aliphatic heterocycles. The van der Waals surface area contributed by atoms with E-state index < -0.39 is 0 Å². The lowest BCUT2D eigenvalue weighted by Gasteiger charge is -2.10. The number of carbonyl (C=O) groups is 1. The third-order valence-corrected chi connectivity index (χ3v) is 5.39. The number of aryl methyl sites for hydroxylation is 1. The van der Waals surface area contributed by atoms with Crippen molar-refractivity contribution in [2.45, 2.75) is 13.3 Å². The van der Waals surface area contributed by atoms with Crippen LogP contribution < -0.4 is 5.32 Å². The van der Waals surface area contributed by atoms with Gasteiger partial charge in [-0.15, -0.1) is 11.3 Å². The standard InChI is InChI=1S/C20H15N5OS/c1-11-23-19(10-27-11)20(26)24-17-7-14(8-18-15(17)9-22-25-18)12-2-3-16-13(6-12)4-5-21-16/h2-3,5-10H,4H2,1H3,(H,22,25)(H,24,26). The maximum absolute atomic E-state index is 12.6. The second-order valence-corrected chi connectivity index (χ2v) is 7.48. The van der Waals surface area contributed by atoms with Gasteiger partial charge in [0.05, 0.1) is 28.1 Å². The van der Waals surface area contributed by atoms with Crippen LogP contribution >= 0.6 is 11.3 Å². The summed E-state index contributed by atoms with van der Waals surface area (Å²) in [6.07, 6.45) is 4.49. The van der Waals surface area contributed by atoms with Crippen LogP contribution in [0.1, 0.15) is 21.1 Å². The Morgan fingerprint density at radius 3 is 3.00 bits per heavy atom. The zero-order valence-electron chi connectivity index (χ0n) is 14.5. The first kappa shape index (κ1) is 15.9. The molecule has 5 rings (SSSR count). The number of thiazole rings is 1. The van der Waals surface area contributed by atoms with Crippen LogP contribution in [0.2, 0.25) is 0 Å². The quantitative estimate of drug-likeness (QED) is 0.554. The monoisotopic (exact) mass is 373 g/mol. The number of aliphatic imine (C=N–C) groups is 1. The molecule has 0 bridgehead atoms. The Hall–Kier alpha value is -3.32. The number of carbonyl (C=O) groups excluding carboxylic acids is 1. The fraction of sp³-hybridized carbons (Fsp3) is 0.100. The van der Waals surface area contributed by atoms with Crippen LogP contribution in [-0.2, 0) is 6.42 Å².